The number of imidazole rings is 1. The number of hydrogen-bond donors (Lipinski definition) is 3. The average Bonchev–Trinajstić information content (AvgIpc) is 3.64. The lowest BCUT2D eigenvalue weighted by molar-refractivity contribution is -0.137. The maximum absolute atomic E-state index is 13.8. The highest BCUT2D eigenvalue weighted by Crippen LogP contribution is 2.42. The molecule has 3 unspecified atom stereocenters. The summed E-state index contributed by atoms with van der Waals surface area (Å²) in [6, 6.07) is 13.5. The molecule has 3 atom stereocenters. The molecule has 0 saturated carbocycles. The maximum atomic E-state index is 13.8. The van der Waals surface area contributed by atoms with Crippen LogP contribution in [-0.4, -0.2) is 69.9 Å². The number of carbonyl (C=O) groups excluding carboxylic acids is 2. The Hall–Kier alpha value is -4.09. The number of fused-ring (bicyclic) bond motifs is 6. The van der Waals surface area contributed by atoms with Crippen LogP contribution in [0.5, 0.6) is 5.75 Å². The van der Waals surface area contributed by atoms with Crippen LogP contribution < -0.4 is 15.5 Å². The predicted molar refractivity (Wildman–Crippen MR) is 183 cm³/mol. The van der Waals surface area contributed by atoms with E-state index in [-0.39, 0.29) is 23.9 Å². The van der Waals surface area contributed by atoms with Gasteiger partial charge in [-0.15, -0.1) is 0 Å². The Labute approximate surface area is 276 Å². The predicted octanol–water partition coefficient (Wildman–Crippen LogP) is 5.52. The molecule has 10 nitrogen and oxygen atoms in total. The summed E-state index contributed by atoms with van der Waals surface area (Å²) in [5, 5.41) is 15.2. The average molecular weight is 640 g/mol. The maximum Gasteiger partial charge on any atom is 0.407 e. The van der Waals surface area contributed by atoms with Gasteiger partial charge in [-0.2, -0.15) is 0 Å². The van der Waals surface area contributed by atoms with E-state index in [1.807, 2.05) is 51.7 Å². The van der Waals surface area contributed by atoms with Crippen molar-refractivity contribution < 1.29 is 28.8 Å². The SMILES string of the molecule is COC(=O)NC(C(=O)N1C(C)CCC1c1nc2c(ccc3cc4c(cc32)OCc2cc([B]OC(C)(C)C(C)(C)O)ccc2-4)[nH]1)C(C)C. The van der Waals surface area contributed by atoms with E-state index in [0.29, 0.717) is 6.61 Å². The molecule has 4 aromatic rings. The number of aliphatic hydroxyl groups is 1. The van der Waals surface area contributed by atoms with Crippen LogP contribution >= 0.6 is 0 Å². The number of nitrogens with one attached hydrogen (secondary N) is 2. The zero-order valence-corrected chi connectivity index (χ0v) is 28.4. The van der Waals surface area contributed by atoms with Gasteiger partial charge in [-0.3, -0.25) is 4.79 Å². The molecule has 247 valence electrons. The van der Waals surface area contributed by atoms with Crippen LogP contribution in [-0.2, 0) is 20.8 Å². The molecule has 1 aromatic heterocycles. The van der Waals surface area contributed by atoms with Crippen LogP contribution in [0.1, 0.15) is 78.7 Å². The third-order valence-corrected chi connectivity index (χ3v) is 9.98. The van der Waals surface area contributed by atoms with Crippen molar-refractivity contribution in [1.82, 2.24) is 20.2 Å². The highest BCUT2D eigenvalue weighted by Gasteiger charge is 2.41. The molecule has 11 heteroatoms. The quantitative estimate of drug-likeness (QED) is 0.217. The molecule has 2 aliphatic heterocycles. The van der Waals surface area contributed by atoms with Crippen LogP contribution in [0.25, 0.3) is 32.9 Å². The van der Waals surface area contributed by atoms with Crippen LogP contribution in [0.15, 0.2) is 42.5 Å². The molecular formula is C36H44BN4O6. The standard InChI is InChI=1S/C36H44BN4O6/c1-19(2)30(40-34(43)45-8)33(42)41-20(3)9-14-28(41)32-38-27-13-10-21-16-26-24-12-11-23(37-47-36(6,7)35(4,5)44)15-22(24)18-46-29(26)17-25(21)31(27)39-32/h10-13,15-17,19-20,28,30,44H,9,14,18H2,1-8H3,(H,38,39)(H,40,43). The van der Waals surface area contributed by atoms with Crippen LogP contribution in [0.4, 0.5) is 4.79 Å². The van der Waals surface area contributed by atoms with Crippen LogP contribution in [0.2, 0.25) is 0 Å². The summed E-state index contributed by atoms with van der Waals surface area (Å²) in [5.41, 5.74) is 4.01. The van der Waals surface area contributed by atoms with Crippen molar-refractivity contribution in [2.75, 3.05) is 7.11 Å². The number of methoxy groups -OCH3 is 1. The third-order valence-electron chi connectivity index (χ3n) is 9.98. The topological polar surface area (TPSA) is 126 Å². The number of carbonyl (C=O) groups is 2. The summed E-state index contributed by atoms with van der Waals surface area (Å²) in [4.78, 5) is 36.3. The summed E-state index contributed by atoms with van der Waals surface area (Å²) in [6.45, 7) is 13.5. The van der Waals surface area contributed by atoms with E-state index >= 15 is 0 Å². The van der Waals surface area contributed by atoms with Gasteiger partial charge >= 0.3 is 13.6 Å². The highest BCUT2D eigenvalue weighted by atomic mass is 16.5. The van der Waals surface area contributed by atoms with Gasteiger partial charge in [-0.05, 0) is 88.1 Å². The van der Waals surface area contributed by atoms with E-state index < -0.39 is 23.3 Å². The van der Waals surface area contributed by atoms with Gasteiger partial charge < -0.3 is 34.4 Å². The number of ether oxygens (including phenoxy) is 2. The second kappa shape index (κ2) is 12.2. The summed E-state index contributed by atoms with van der Waals surface area (Å²) in [7, 11) is 2.99. The molecule has 1 radical (unpaired) electrons. The number of alkyl carbamates (subject to hydrolysis) is 1. The van der Waals surface area contributed by atoms with E-state index in [1.54, 1.807) is 21.3 Å². The summed E-state index contributed by atoms with van der Waals surface area (Å²) in [5.74, 6) is 1.27. The molecule has 0 spiro atoms. The molecule has 3 N–H and O–H groups in total. The molecule has 6 rings (SSSR count). The van der Waals surface area contributed by atoms with E-state index in [1.165, 1.54) is 7.11 Å². The molecule has 3 heterocycles. The van der Waals surface area contributed by atoms with Crippen molar-refractivity contribution >= 4 is 46.8 Å². The van der Waals surface area contributed by atoms with Gasteiger partial charge in [0.1, 0.15) is 24.2 Å². The van der Waals surface area contributed by atoms with Crippen LogP contribution in [0.3, 0.4) is 0 Å². The largest absolute Gasteiger partial charge is 0.488 e. The summed E-state index contributed by atoms with van der Waals surface area (Å²) in [6.07, 6.45) is 0.978. The van der Waals surface area contributed by atoms with Gasteiger partial charge in [0.25, 0.3) is 0 Å². The van der Waals surface area contributed by atoms with Crippen molar-refractivity contribution in [3.05, 3.63) is 53.9 Å². The Kier molecular flexibility index (Phi) is 8.51. The zero-order valence-electron chi connectivity index (χ0n) is 28.4. The summed E-state index contributed by atoms with van der Waals surface area (Å²) >= 11 is 0. The van der Waals surface area contributed by atoms with Crippen molar-refractivity contribution in [2.24, 2.45) is 5.92 Å². The lowest BCUT2D eigenvalue weighted by Crippen LogP contribution is -2.52. The fraction of sp³-hybridized carbons (Fsp3) is 0.472. The smallest absolute Gasteiger partial charge is 0.407 e. The lowest BCUT2D eigenvalue weighted by atomic mass is 9.80. The zero-order chi connectivity index (χ0) is 33.8. The van der Waals surface area contributed by atoms with Crippen molar-refractivity contribution in [2.45, 2.75) is 97.2 Å². The highest BCUT2D eigenvalue weighted by molar-refractivity contribution is 6.47. The molecule has 0 aliphatic carbocycles. The lowest BCUT2D eigenvalue weighted by Gasteiger charge is -2.37. The molecule has 1 fully saturated rings. The van der Waals surface area contributed by atoms with Crippen LogP contribution in [0, 0.1) is 5.92 Å². The third kappa shape index (κ3) is 6.07. The first kappa shape index (κ1) is 32.8. The number of aromatic nitrogens is 2. The first-order valence-corrected chi connectivity index (χ1v) is 16.3. The Morgan fingerprint density at radius 2 is 1.87 bits per heavy atom. The molecule has 3 aromatic carbocycles. The second-order valence-electron chi connectivity index (χ2n) is 14.2. The number of rotatable bonds is 8. The number of amides is 2. The molecule has 1 saturated heterocycles. The number of aromatic amines is 1. The van der Waals surface area contributed by atoms with Gasteiger partial charge in [0.15, 0.2) is 0 Å². The molecule has 47 heavy (non-hydrogen) atoms. The minimum Gasteiger partial charge on any atom is -0.488 e. The Morgan fingerprint density at radius 3 is 2.57 bits per heavy atom. The van der Waals surface area contributed by atoms with E-state index in [2.05, 4.69) is 40.6 Å². The Morgan fingerprint density at radius 1 is 1.11 bits per heavy atom. The van der Waals surface area contributed by atoms with Crippen molar-refractivity contribution in [1.29, 1.82) is 0 Å². The minimum absolute atomic E-state index is 0.00340. The number of benzene rings is 3. The first-order chi connectivity index (χ1) is 22.2. The molecular weight excluding hydrogens is 595 g/mol. The van der Waals surface area contributed by atoms with E-state index in [0.717, 1.165) is 68.4 Å². The minimum atomic E-state index is -1.01. The van der Waals surface area contributed by atoms with Crippen molar-refractivity contribution in [3.8, 4) is 16.9 Å². The molecule has 2 amide bonds. The number of hydrogen-bond acceptors (Lipinski definition) is 7. The monoisotopic (exact) mass is 639 g/mol. The van der Waals surface area contributed by atoms with Gasteiger partial charge in [-0.1, -0.05) is 43.6 Å². The number of nitrogens with zero attached hydrogens (tertiary/aromatic N) is 2. The summed E-state index contributed by atoms with van der Waals surface area (Å²) < 4.78 is 17.1. The second-order valence-corrected chi connectivity index (χ2v) is 14.2. The van der Waals surface area contributed by atoms with Gasteiger partial charge in [0.2, 0.25) is 5.91 Å². The first-order valence-electron chi connectivity index (χ1n) is 16.3. The van der Waals surface area contributed by atoms with Gasteiger partial charge in [0.05, 0.1) is 35.4 Å². The Balaban J connectivity index is 1.30. The normalized spacial score (nSPS) is 18.6. The van der Waals surface area contributed by atoms with E-state index in [9.17, 15) is 14.7 Å². The van der Waals surface area contributed by atoms with E-state index in [4.69, 9.17) is 19.1 Å². The fourth-order valence-electron chi connectivity index (χ4n) is 6.40. The Bertz CT molecular complexity index is 1840. The van der Waals surface area contributed by atoms with Crippen molar-refractivity contribution in [3.63, 3.8) is 0 Å². The van der Waals surface area contributed by atoms with Gasteiger partial charge in [0, 0.05) is 17.0 Å². The molecule has 2 aliphatic rings. The fourth-order valence-corrected chi connectivity index (χ4v) is 6.40. The molecule has 0 bridgehead atoms. The van der Waals surface area contributed by atoms with Gasteiger partial charge in [-0.25, -0.2) is 9.78 Å². The number of likely N-dealkylation sites (tertiary alicyclic amines) is 1. The number of H-pyrrole nitrogens is 1.